The van der Waals surface area contributed by atoms with Gasteiger partial charge in [-0.3, -0.25) is 0 Å². The van der Waals surface area contributed by atoms with E-state index >= 15 is 0 Å². The van der Waals surface area contributed by atoms with Crippen LogP contribution in [0.2, 0.25) is 5.02 Å². The van der Waals surface area contributed by atoms with E-state index in [9.17, 15) is 13.6 Å². The van der Waals surface area contributed by atoms with Gasteiger partial charge in [0.1, 0.15) is 17.3 Å². The summed E-state index contributed by atoms with van der Waals surface area (Å²) in [6, 6.07) is 7.48. The minimum atomic E-state index is -0.840. The minimum Gasteiger partial charge on any atom is -0.307 e. The number of carbonyl (C=O) groups is 1. The van der Waals surface area contributed by atoms with Crippen molar-refractivity contribution in [3.63, 3.8) is 0 Å². The van der Waals surface area contributed by atoms with E-state index in [0.717, 1.165) is 17.7 Å². The zero-order chi connectivity index (χ0) is 14.7. The fourth-order valence-corrected chi connectivity index (χ4v) is 1.88. The third kappa shape index (κ3) is 3.24. The molecule has 2 N–H and O–H groups in total. The molecule has 2 amide bonds. The Morgan fingerprint density at radius 1 is 1.10 bits per heavy atom. The predicted octanol–water partition coefficient (Wildman–Crippen LogP) is 4.57. The van der Waals surface area contributed by atoms with E-state index in [4.69, 9.17) is 11.6 Å². The van der Waals surface area contributed by atoms with Gasteiger partial charge in [0.25, 0.3) is 0 Å². The van der Waals surface area contributed by atoms with Gasteiger partial charge in [-0.15, -0.1) is 0 Å². The van der Waals surface area contributed by atoms with E-state index in [1.54, 1.807) is 25.1 Å². The fraction of sp³-hybridized carbons (Fsp3) is 0.0714. The van der Waals surface area contributed by atoms with Gasteiger partial charge in [0.2, 0.25) is 0 Å². The maximum Gasteiger partial charge on any atom is 0.323 e. The van der Waals surface area contributed by atoms with Crippen LogP contribution in [0.15, 0.2) is 36.4 Å². The number of anilines is 2. The number of urea groups is 1. The quantitative estimate of drug-likeness (QED) is 0.837. The van der Waals surface area contributed by atoms with E-state index in [2.05, 4.69) is 10.6 Å². The summed E-state index contributed by atoms with van der Waals surface area (Å²) in [6.07, 6.45) is 0. The second kappa shape index (κ2) is 5.88. The molecule has 104 valence electrons. The highest BCUT2D eigenvalue weighted by Crippen LogP contribution is 2.21. The molecule has 0 aliphatic carbocycles. The average Bonchev–Trinajstić information content (AvgIpc) is 2.37. The molecule has 2 aromatic rings. The molecule has 2 aromatic carbocycles. The van der Waals surface area contributed by atoms with Crippen LogP contribution in [0.3, 0.4) is 0 Å². The molecule has 0 fully saturated rings. The number of benzene rings is 2. The molecule has 0 saturated heterocycles. The number of hydrogen-bond donors (Lipinski definition) is 2. The van der Waals surface area contributed by atoms with Crippen LogP contribution in [0, 0.1) is 18.6 Å². The Balaban J connectivity index is 2.13. The maximum absolute atomic E-state index is 13.4. The van der Waals surface area contributed by atoms with Crippen LogP contribution in [0.1, 0.15) is 5.56 Å². The van der Waals surface area contributed by atoms with Crippen LogP contribution in [0.5, 0.6) is 0 Å². The number of halogens is 3. The molecule has 6 heteroatoms. The molecule has 0 aromatic heterocycles. The summed E-state index contributed by atoms with van der Waals surface area (Å²) >= 11 is 5.80. The van der Waals surface area contributed by atoms with Gasteiger partial charge >= 0.3 is 6.03 Å². The number of para-hydroxylation sites is 1. The fourth-order valence-electron chi connectivity index (χ4n) is 1.65. The Bertz CT molecular complexity index is 641. The first-order valence-electron chi connectivity index (χ1n) is 5.75. The summed E-state index contributed by atoms with van der Waals surface area (Å²) in [5.74, 6) is -1.68. The molecule has 20 heavy (non-hydrogen) atoms. The molecule has 0 saturated carbocycles. The van der Waals surface area contributed by atoms with E-state index in [1.165, 1.54) is 6.07 Å². The molecule has 2 rings (SSSR count). The van der Waals surface area contributed by atoms with Crippen LogP contribution in [0.25, 0.3) is 0 Å². The lowest BCUT2D eigenvalue weighted by atomic mass is 10.2. The van der Waals surface area contributed by atoms with Crippen LogP contribution in [-0.4, -0.2) is 6.03 Å². The third-order valence-electron chi connectivity index (χ3n) is 2.64. The van der Waals surface area contributed by atoms with Crippen LogP contribution < -0.4 is 10.6 Å². The number of hydrogen-bond acceptors (Lipinski definition) is 1. The van der Waals surface area contributed by atoms with Crippen LogP contribution >= 0.6 is 11.6 Å². The highest BCUT2D eigenvalue weighted by atomic mass is 35.5. The summed E-state index contributed by atoms with van der Waals surface area (Å²) in [5, 5.41) is 5.17. The first kappa shape index (κ1) is 14.3. The van der Waals surface area contributed by atoms with Gasteiger partial charge in [0.15, 0.2) is 0 Å². The molecule has 0 atom stereocenters. The zero-order valence-corrected chi connectivity index (χ0v) is 11.3. The average molecular weight is 297 g/mol. The predicted molar refractivity (Wildman–Crippen MR) is 75.2 cm³/mol. The second-order valence-corrected chi connectivity index (χ2v) is 4.57. The van der Waals surface area contributed by atoms with E-state index in [1.807, 2.05) is 0 Å². The maximum atomic E-state index is 13.4. The van der Waals surface area contributed by atoms with Gasteiger partial charge in [-0.1, -0.05) is 17.7 Å². The van der Waals surface area contributed by atoms with Crippen molar-refractivity contribution in [2.75, 3.05) is 10.6 Å². The molecule has 0 heterocycles. The Morgan fingerprint density at radius 2 is 1.75 bits per heavy atom. The van der Waals surface area contributed by atoms with Crippen molar-refractivity contribution < 1.29 is 13.6 Å². The summed E-state index contributed by atoms with van der Waals surface area (Å²) in [5.41, 5.74) is 0.752. The Morgan fingerprint density at radius 3 is 2.35 bits per heavy atom. The Hall–Kier alpha value is -2.14. The SMILES string of the molecule is Cc1cc(Cl)ccc1NC(=O)Nc1c(F)cccc1F. The van der Waals surface area contributed by atoms with Gasteiger partial charge < -0.3 is 10.6 Å². The Kier molecular flexibility index (Phi) is 4.20. The highest BCUT2D eigenvalue weighted by Gasteiger charge is 2.12. The second-order valence-electron chi connectivity index (χ2n) is 4.14. The van der Waals surface area contributed by atoms with Gasteiger partial charge in [-0.2, -0.15) is 0 Å². The van der Waals surface area contributed by atoms with Crippen molar-refractivity contribution in [2.45, 2.75) is 6.92 Å². The van der Waals surface area contributed by atoms with Crippen molar-refractivity contribution in [1.82, 2.24) is 0 Å². The highest BCUT2D eigenvalue weighted by molar-refractivity contribution is 6.30. The van der Waals surface area contributed by atoms with Crippen LogP contribution in [0.4, 0.5) is 25.0 Å². The molecule has 3 nitrogen and oxygen atoms in total. The van der Waals surface area contributed by atoms with E-state index in [0.29, 0.717) is 10.7 Å². The third-order valence-corrected chi connectivity index (χ3v) is 2.87. The van der Waals surface area contributed by atoms with Gasteiger partial charge in [-0.25, -0.2) is 13.6 Å². The number of nitrogens with one attached hydrogen (secondary N) is 2. The molecular formula is C14H11ClF2N2O. The smallest absolute Gasteiger partial charge is 0.307 e. The molecule has 0 aliphatic heterocycles. The minimum absolute atomic E-state index is 0.489. The lowest BCUT2D eigenvalue weighted by Crippen LogP contribution is -2.21. The van der Waals surface area contributed by atoms with Gasteiger partial charge in [-0.05, 0) is 42.8 Å². The summed E-state index contributed by atoms with van der Waals surface area (Å²) in [4.78, 5) is 11.7. The van der Waals surface area contributed by atoms with E-state index < -0.39 is 23.4 Å². The normalized spacial score (nSPS) is 10.2. The molecule has 0 unspecified atom stereocenters. The molecule has 0 spiro atoms. The van der Waals surface area contributed by atoms with Crippen molar-refractivity contribution >= 4 is 29.0 Å². The summed E-state index contributed by atoms with van der Waals surface area (Å²) in [6.45, 7) is 1.76. The Labute approximate surface area is 119 Å². The van der Waals surface area contributed by atoms with Crippen molar-refractivity contribution in [1.29, 1.82) is 0 Å². The largest absolute Gasteiger partial charge is 0.323 e. The van der Waals surface area contributed by atoms with Gasteiger partial charge in [0, 0.05) is 10.7 Å². The number of rotatable bonds is 2. The first-order chi connectivity index (χ1) is 9.47. The van der Waals surface area contributed by atoms with Crippen molar-refractivity contribution in [3.05, 3.63) is 58.6 Å². The lowest BCUT2D eigenvalue weighted by Gasteiger charge is -2.11. The lowest BCUT2D eigenvalue weighted by molar-refractivity contribution is 0.262. The van der Waals surface area contributed by atoms with Crippen LogP contribution in [-0.2, 0) is 0 Å². The van der Waals surface area contributed by atoms with Gasteiger partial charge in [0.05, 0.1) is 0 Å². The molecular weight excluding hydrogens is 286 g/mol. The topological polar surface area (TPSA) is 41.1 Å². The molecule has 0 aliphatic rings. The number of amides is 2. The number of carbonyl (C=O) groups excluding carboxylic acids is 1. The molecule has 0 radical (unpaired) electrons. The zero-order valence-electron chi connectivity index (χ0n) is 10.5. The van der Waals surface area contributed by atoms with Crippen molar-refractivity contribution in [3.8, 4) is 0 Å². The molecule has 0 bridgehead atoms. The first-order valence-corrected chi connectivity index (χ1v) is 6.13. The van der Waals surface area contributed by atoms with Crippen molar-refractivity contribution in [2.24, 2.45) is 0 Å². The van der Waals surface area contributed by atoms with E-state index in [-0.39, 0.29) is 0 Å². The standard InChI is InChI=1S/C14H11ClF2N2O/c1-8-7-9(15)5-6-12(8)18-14(20)19-13-10(16)3-2-4-11(13)17/h2-7H,1H3,(H2,18,19,20). The monoisotopic (exact) mass is 296 g/mol. The summed E-state index contributed by atoms with van der Waals surface area (Å²) in [7, 11) is 0. The summed E-state index contributed by atoms with van der Waals surface area (Å²) < 4.78 is 26.8. The number of aryl methyl sites for hydroxylation is 1.